The van der Waals surface area contributed by atoms with Crippen molar-refractivity contribution in [2.75, 3.05) is 26.6 Å². The highest BCUT2D eigenvalue weighted by Gasteiger charge is 2.38. The number of ketones is 1. The molecule has 0 radical (unpaired) electrons. The summed E-state index contributed by atoms with van der Waals surface area (Å²) in [5.74, 6) is -0.0335. The molecule has 0 fully saturated rings. The summed E-state index contributed by atoms with van der Waals surface area (Å²) in [6, 6.07) is 11.6. The number of carbonyl (C=O) groups is 2. The van der Waals surface area contributed by atoms with Gasteiger partial charge in [0.1, 0.15) is 11.7 Å². The molecule has 1 atom stereocenters. The number of carbonyl (C=O) groups excluding carboxylic acids is 2. The fourth-order valence-electron chi connectivity index (χ4n) is 3.58. The number of aromatic nitrogens is 4. The third-order valence-electron chi connectivity index (χ3n) is 5.19. The average molecular weight is 435 g/mol. The van der Waals surface area contributed by atoms with E-state index in [9.17, 15) is 9.59 Å². The van der Waals surface area contributed by atoms with Crippen LogP contribution in [-0.2, 0) is 9.53 Å². The monoisotopic (exact) mass is 435 g/mol. The van der Waals surface area contributed by atoms with Crippen molar-refractivity contribution in [2.24, 2.45) is 0 Å². The number of nitrogens with zero attached hydrogens (tertiary/aromatic N) is 4. The number of tetrazole rings is 1. The van der Waals surface area contributed by atoms with E-state index in [4.69, 9.17) is 14.2 Å². The zero-order chi connectivity index (χ0) is 22.8. The third kappa shape index (κ3) is 3.55. The molecule has 2 heterocycles. The van der Waals surface area contributed by atoms with Crippen LogP contribution in [0, 0.1) is 6.92 Å². The molecule has 0 bridgehead atoms. The van der Waals surface area contributed by atoms with Crippen LogP contribution in [-0.4, -0.2) is 53.3 Å². The number of nitrogens with one attached hydrogen (secondary N) is 1. The Bertz CT molecular complexity index is 1220. The number of hydrogen-bond donors (Lipinski definition) is 1. The van der Waals surface area contributed by atoms with E-state index in [2.05, 4.69) is 20.8 Å². The van der Waals surface area contributed by atoms with Gasteiger partial charge in [-0.15, -0.1) is 0 Å². The van der Waals surface area contributed by atoms with Crippen molar-refractivity contribution >= 4 is 17.7 Å². The maximum Gasteiger partial charge on any atom is 0.355 e. The molecule has 1 aromatic heterocycles. The van der Waals surface area contributed by atoms with Gasteiger partial charge in [-0.1, -0.05) is 34.9 Å². The molecule has 10 nitrogen and oxygen atoms in total. The Morgan fingerprint density at radius 1 is 1.00 bits per heavy atom. The van der Waals surface area contributed by atoms with Crippen LogP contribution >= 0.6 is 0 Å². The summed E-state index contributed by atoms with van der Waals surface area (Å²) in [5, 5.41) is 14.5. The summed E-state index contributed by atoms with van der Waals surface area (Å²) in [5.41, 5.74) is 2.20. The smallest absolute Gasteiger partial charge is 0.355 e. The maximum atomic E-state index is 13.8. The van der Waals surface area contributed by atoms with Gasteiger partial charge in [0.2, 0.25) is 5.95 Å². The summed E-state index contributed by atoms with van der Waals surface area (Å²) in [7, 11) is 4.23. The number of methoxy groups -OCH3 is 3. The number of anilines is 1. The Morgan fingerprint density at radius 3 is 2.38 bits per heavy atom. The van der Waals surface area contributed by atoms with E-state index in [0.29, 0.717) is 17.1 Å². The van der Waals surface area contributed by atoms with Gasteiger partial charge in [-0.05, 0) is 41.1 Å². The van der Waals surface area contributed by atoms with Crippen LogP contribution < -0.4 is 14.8 Å². The average Bonchev–Trinajstić information content (AvgIpc) is 3.30. The largest absolute Gasteiger partial charge is 0.493 e. The highest BCUT2D eigenvalue weighted by Crippen LogP contribution is 2.38. The second-order valence-electron chi connectivity index (χ2n) is 7.06. The lowest BCUT2D eigenvalue weighted by atomic mass is 9.89. The molecule has 0 unspecified atom stereocenters. The number of ether oxygens (including phenoxy) is 3. The number of allylic oxidation sites excluding steroid dienone is 1. The normalized spacial score (nSPS) is 14.9. The van der Waals surface area contributed by atoms with Crippen molar-refractivity contribution in [1.29, 1.82) is 0 Å². The number of Topliss-reactive ketones (excluding diaryl/α,β-unsaturated/α-hetero) is 1. The van der Waals surface area contributed by atoms with Gasteiger partial charge in [-0.2, -0.15) is 4.68 Å². The van der Waals surface area contributed by atoms with Crippen molar-refractivity contribution in [3.05, 3.63) is 70.4 Å². The van der Waals surface area contributed by atoms with Crippen molar-refractivity contribution in [2.45, 2.75) is 13.0 Å². The molecular formula is C22H21N5O5. The highest BCUT2D eigenvalue weighted by atomic mass is 16.5. The van der Waals surface area contributed by atoms with E-state index < -0.39 is 17.8 Å². The SMILES string of the molecule is COC(=O)C1=C(C(=O)c2ccc(OC)c(OC)c2)[C@H](c2ccc(C)cc2)n2nnnc2N1. The minimum atomic E-state index is -0.753. The van der Waals surface area contributed by atoms with Gasteiger partial charge in [-0.3, -0.25) is 4.79 Å². The Kier molecular flexibility index (Phi) is 5.59. The fourth-order valence-corrected chi connectivity index (χ4v) is 3.58. The van der Waals surface area contributed by atoms with Crippen molar-refractivity contribution < 1.29 is 23.8 Å². The Balaban J connectivity index is 1.93. The first-order valence-electron chi connectivity index (χ1n) is 9.69. The highest BCUT2D eigenvalue weighted by molar-refractivity contribution is 6.15. The topological polar surface area (TPSA) is 117 Å². The summed E-state index contributed by atoms with van der Waals surface area (Å²) in [4.78, 5) is 26.5. The van der Waals surface area contributed by atoms with E-state index in [-0.39, 0.29) is 17.2 Å². The van der Waals surface area contributed by atoms with Crippen LogP contribution in [0.3, 0.4) is 0 Å². The fraction of sp³-hybridized carbons (Fsp3) is 0.227. The van der Waals surface area contributed by atoms with Crippen molar-refractivity contribution in [3.63, 3.8) is 0 Å². The lowest BCUT2D eigenvalue weighted by molar-refractivity contribution is -0.136. The van der Waals surface area contributed by atoms with Crippen LogP contribution in [0.4, 0.5) is 5.95 Å². The van der Waals surface area contributed by atoms with Gasteiger partial charge in [0.25, 0.3) is 0 Å². The molecule has 164 valence electrons. The first-order chi connectivity index (χ1) is 15.5. The van der Waals surface area contributed by atoms with Gasteiger partial charge in [-0.25, -0.2) is 4.79 Å². The second-order valence-corrected chi connectivity index (χ2v) is 7.06. The van der Waals surface area contributed by atoms with Gasteiger partial charge in [0, 0.05) is 5.56 Å². The number of benzene rings is 2. The van der Waals surface area contributed by atoms with Crippen molar-refractivity contribution in [3.8, 4) is 11.5 Å². The summed E-state index contributed by atoms with van der Waals surface area (Å²) < 4.78 is 17.0. The van der Waals surface area contributed by atoms with E-state index in [1.807, 2.05) is 31.2 Å². The van der Waals surface area contributed by atoms with E-state index in [0.717, 1.165) is 11.1 Å². The van der Waals surface area contributed by atoms with E-state index in [1.54, 1.807) is 18.2 Å². The quantitative estimate of drug-likeness (QED) is 0.460. The summed E-state index contributed by atoms with van der Waals surface area (Å²) in [6.07, 6.45) is 0. The first-order valence-corrected chi connectivity index (χ1v) is 9.69. The molecule has 1 aliphatic rings. The predicted molar refractivity (Wildman–Crippen MR) is 114 cm³/mol. The van der Waals surface area contributed by atoms with Crippen LogP contribution in [0.2, 0.25) is 0 Å². The third-order valence-corrected chi connectivity index (χ3v) is 5.19. The molecule has 0 aliphatic carbocycles. The molecule has 0 saturated carbocycles. The van der Waals surface area contributed by atoms with Gasteiger partial charge in [0.15, 0.2) is 17.3 Å². The lowest BCUT2D eigenvalue weighted by Gasteiger charge is -2.28. The van der Waals surface area contributed by atoms with Gasteiger partial charge < -0.3 is 19.5 Å². The van der Waals surface area contributed by atoms with Crippen molar-refractivity contribution in [1.82, 2.24) is 20.2 Å². The van der Waals surface area contributed by atoms with Crippen LogP contribution in [0.1, 0.15) is 27.5 Å². The standard InChI is InChI=1S/C22H21N5O5/c1-12-5-7-13(8-6-12)19-17(18(21(29)32-4)23-22-24-25-26-27(19)22)20(28)14-9-10-15(30-2)16(11-14)31-3/h5-11,19H,1-4H3,(H,23,24,26)/t19-/m0/s1. The number of fused-ring (bicyclic) bond motifs is 1. The van der Waals surface area contributed by atoms with Gasteiger partial charge >= 0.3 is 5.97 Å². The molecule has 32 heavy (non-hydrogen) atoms. The van der Waals surface area contributed by atoms with E-state index >= 15 is 0 Å². The zero-order valence-corrected chi connectivity index (χ0v) is 17.9. The molecule has 1 N–H and O–H groups in total. The Hall–Kier alpha value is -4.21. The lowest BCUT2D eigenvalue weighted by Crippen LogP contribution is -2.33. The predicted octanol–water partition coefficient (Wildman–Crippen LogP) is 2.32. The zero-order valence-electron chi connectivity index (χ0n) is 17.9. The Labute approximate surface area is 183 Å². The molecule has 0 saturated heterocycles. The molecule has 0 amide bonds. The molecule has 0 spiro atoms. The summed E-state index contributed by atoms with van der Waals surface area (Å²) >= 11 is 0. The molecule has 1 aliphatic heterocycles. The number of rotatable bonds is 6. The molecule has 2 aromatic carbocycles. The van der Waals surface area contributed by atoms with Crippen LogP contribution in [0.15, 0.2) is 53.7 Å². The molecule has 10 heteroatoms. The molecule has 3 aromatic rings. The van der Waals surface area contributed by atoms with Crippen LogP contribution in [0.5, 0.6) is 11.5 Å². The summed E-state index contributed by atoms with van der Waals surface area (Å²) in [6.45, 7) is 1.96. The number of hydrogen-bond acceptors (Lipinski definition) is 9. The second kappa shape index (κ2) is 8.50. The molecule has 4 rings (SSSR count). The minimum Gasteiger partial charge on any atom is -0.493 e. The number of esters is 1. The van der Waals surface area contributed by atoms with E-state index in [1.165, 1.54) is 26.0 Å². The number of aryl methyl sites for hydroxylation is 1. The minimum absolute atomic E-state index is 0.0276. The van der Waals surface area contributed by atoms with Crippen LogP contribution in [0.25, 0.3) is 0 Å². The Morgan fingerprint density at radius 2 is 1.72 bits per heavy atom. The van der Waals surface area contributed by atoms with Gasteiger partial charge in [0.05, 0.1) is 26.9 Å². The molecular weight excluding hydrogens is 414 g/mol. The first kappa shape index (κ1) is 21.0. The maximum absolute atomic E-state index is 13.8.